The second-order valence-corrected chi connectivity index (χ2v) is 5.15. The average molecular weight is 280 g/mol. The van der Waals surface area contributed by atoms with E-state index in [4.69, 9.17) is 4.74 Å². The maximum Gasteiger partial charge on any atom is 0.121 e. The molecule has 0 aliphatic rings. The zero-order valence-electron chi connectivity index (χ0n) is 12.7. The van der Waals surface area contributed by atoms with Crippen LogP contribution in [-0.4, -0.2) is 6.10 Å². The number of nitrogens with zero attached hydrogens (tertiary/aromatic N) is 1. The zero-order valence-corrected chi connectivity index (χ0v) is 12.7. The minimum atomic E-state index is 0.189. The van der Waals surface area contributed by atoms with E-state index in [1.165, 1.54) is 0 Å². The SMILES string of the molecule is CCC(C)Oc1cccc(Nc2cc(C)ccc2C#N)c1. The van der Waals surface area contributed by atoms with Crippen LogP contribution in [0.5, 0.6) is 5.75 Å². The molecule has 0 radical (unpaired) electrons. The largest absolute Gasteiger partial charge is 0.491 e. The van der Waals surface area contributed by atoms with Crippen molar-refractivity contribution in [3.05, 3.63) is 53.6 Å². The van der Waals surface area contributed by atoms with Crippen molar-refractivity contribution < 1.29 is 4.74 Å². The van der Waals surface area contributed by atoms with Crippen molar-refractivity contribution in [3.8, 4) is 11.8 Å². The first-order chi connectivity index (χ1) is 10.1. The van der Waals surface area contributed by atoms with Gasteiger partial charge >= 0.3 is 0 Å². The number of hydrogen-bond donors (Lipinski definition) is 1. The maximum atomic E-state index is 9.18. The Morgan fingerprint density at radius 2 is 2.05 bits per heavy atom. The van der Waals surface area contributed by atoms with Gasteiger partial charge in [-0.2, -0.15) is 5.26 Å². The molecule has 0 saturated heterocycles. The highest BCUT2D eigenvalue weighted by Crippen LogP contribution is 2.25. The molecule has 0 heterocycles. The van der Waals surface area contributed by atoms with E-state index in [0.29, 0.717) is 5.56 Å². The molecule has 3 heteroatoms. The lowest BCUT2D eigenvalue weighted by molar-refractivity contribution is 0.217. The van der Waals surface area contributed by atoms with Crippen molar-refractivity contribution in [1.29, 1.82) is 5.26 Å². The van der Waals surface area contributed by atoms with Gasteiger partial charge in [0, 0.05) is 11.8 Å². The Hall–Kier alpha value is -2.47. The van der Waals surface area contributed by atoms with Gasteiger partial charge in [-0.05, 0) is 50.1 Å². The number of ether oxygens (including phenoxy) is 1. The third-order valence-electron chi connectivity index (χ3n) is 3.32. The van der Waals surface area contributed by atoms with E-state index in [2.05, 4.69) is 25.2 Å². The molecule has 1 unspecified atom stereocenters. The number of aryl methyl sites for hydroxylation is 1. The van der Waals surface area contributed by atoms with Crippen LogP contribution in [0.3, 0.4) is 0 Å². The first-order valence-electron chi connectivity index (χ1n) is 7.17. The Labute approximate surface area is 126 Å². The number of anilines is 2. The van der Waals surface area contributed by atoms with Crippen LogP contribution in [0.2, 0.25) is 0 Å². The molecule has 0 aromatic heterocycles. The smallest absolute Gasteiger partial charge is 0.121 e. The van der Waals surface area contributed by atoms with Gasteiger partial charge < -0.3 is 10.1 Å². The molecule has 21 heavy (non-hydrogen) atoms. The van der Waals surface area contributed by atoms with E-state index < -0.39 is 0 Å². The minimum Gasteiger partial charge on any atom is -0.491 e. The Bertz CT molecular complexity index is 659. The van der Waals surface area contributed by atoms with E-state index in [1.807, 2.05) is 49.4 Å². The van der Waals surface area contributed by atoms with E-state index in [-0.39, 0.29) is 6.10 Å². The summed E-state index contributed by atoms with van der Waals surface area (Å²) in [7, 11) is 0. The third-order valence-corrected chi connectivity index (χ3v) is 3.32. The molecular formula is C18H20N2O. The Morgan fingerprint density at radius 1 is 1.24 bits per heavy atom. The third kappa shape index (κ3) is 4.00. The van der Waals surface area contributed by atoms with Gasteiger partial charge in [-0.3, -0.25) is 0 Å². The number of nitriles is 1. The molecule has 0 fully saturated rings. The molecule has 108 valence electrons. The molecular weight excluding hydrogens is 260 g/mol. The van der Waals surface area contributed by atoms with Crippen molar-refractivity contribution in [1.82, 2.24) is 0 Å². The van der Waals surface area contributed by atoms with Crippen molar-refractivity contribution >= 4 is 11.4 Å². The monoisotopic (exact) mass is 280 g/mol. The van der Waals surface area contributed by atoms with E-state index in [0.717, 1.165) is 29.1 Å². The number of benzene rings is 2. The van der Waals surface area contributed by atoms with Gasteiger partial charge in [-0.1, -0.05) is 19.1 Å². The molecule has 0 spiro atoms. The number of nitrogens with one attached hydrogen (secondary N) is 1. The van der Waals surface area contributed by atoms with Gasteiger partial charge in [0.05, 0.1) is 17.4 Å². The van der Waals surface area contributed by atoms with Gasteiger partial charge in [-0.25, -0.2) is 0 Å². The molecule has 2 aromatic carbocycles. The molecule has 2 aromatic rings. The quantitative estimate of drug-likeness (QED) is 0.856. The molecule has 1 N–H and O–H groups in total. The Balaban J connectivity index is 2.22. The molecule has 0 aliphatic carbocycles. The first kappa shape index (κ1) is 14.9. The van der Waals surface area contributed by atoms with Crippen molar-refractivity contribution in [2.45, 2.75) is 33.3 Å². The molecule has 0 bridgehead atoms. The summed E-state index contributed by atoms with van der Waals surface area (Å²) in [5.74, 6) is 0.834. The van der Waals surface area contributed by atoms with Gasteiger partial charge in [0.2, 0.25) is 0 Å². The molecule has 0 amide bonds. The lowest BCUT2D eigenvalue weighted by atomic mass is 10.1. The lowest BCUT2D eigenvalue weighted by Crippen LogP contribution is -2.09. The number of rotatable bonds is 5. The summed E-state index contributed by atoms with van der Waals surface area (Å²) in [5, 5.41) is 12.5. The van der Waals surface area contributed by atoms with Crippen LogP contribution in [-0.2, 0) is 0 Å². The predicted molar refractivity (Wildman–Crippen MR) is 86.0 cm³/mol. The molecule has 1 atom stereocenters. The van der Waals surface area contributed by atoms with Gasteiger partial charge in [-0.15, -0.1) is 0 Å². The average Bonchev–Trinajstić information content (AvgIpc) is 2.48. The molecule has 3 nitrogen and oxygen atoms in total. The fraction of sp³-hybridized carbons (Fsp3) is 0.278. The molecule has 0 aliphatic heterocycles. The highest BCUT2D eigenvalue weighted by Gasteiger charge is 2.05. The summed E-state index contributed by atoms with van der Waals surface area (Å²) in [5.41, 5.74) is 3.48. The number of hydrogen-bond acceptors (Lipinski definition) is 3. The highest BCUT2D eigenvalue weighted by molar-refractivity contribution is 5.68. The van der Waals surface area contributed by atoms with Crippen LogP contribution in [0.1, 0.15) is 31.4 Å². The topological polar surface area (TPSA) is 45.0 Å². The standard InChI is InChI=1S/C18H20N2O/c1-4-14(3)21-17-7-5-6-16(11-17)20-18-10-13(2)8-9-15(18)12-19/h5-11,14,20H,4H2,1-3H3. The molecule has 0 saturated carbocycles. The normalized spacial score (nSPS) is 11.5. The Morgan fingerprint density at radius 3 is 2.76 bits per heavy atom. The fourth-order valence-electron chi connectivity index (χ4n) is 1.98. The van der Waals surface area contributed by atoms with Crippen molar-refractivity contribution in [2.24, 2.45) is 0 Å². The highest BCUT2D eigenvalue weighted by atomic mass is 16.5. The fourth-order valence-corrected chi connectivity index (χ4v) is 1.98. The van der Waals surface area contributed by atoms with Crippen LogP contribution < -0.4 is 10.1 Å². The van der Waals surface area contributed by atoms with E-state index >= 15 is 0 Å². The van der Waals surface area contributed by atoms with Gasteiger partial charge in [0.25, 0.3) is 0 Å². The zero-order chi connectivity index (χ0) is 15.2. The molecule has 2 rings (SSSR count). The summed E-state index contributed by atoms with van der Waals surface area (Å²) in [6, 6.07) is 15.8. The van der Waals surface area contributed by atoms with Crippen LogP contribution in [0.4, 0.5) is 11.4 Å². The summed E-state index contributed by atoms with van der Waals surface area (Å²) in [6.07, 6.45) is 1.16. The van der Waals surface area contributed by atoms with Crippen LogP contribution in [0.15, 0.2) is 42.5 Å². The van der Waals surface area contributed by atoms with Crippen LogP contribution in [0, 0.1) is 18.3 Å². The van der Waals surface area contributed by atoms with Gasteiger partial charge in [0.1, 0.15) is 11.8 Å². The summed E-state index contributed by atoms with van der Waals surface area (Å²) < 4.78 is 5.82. The van der Waals surface area contributed by atoms with E-state index in [1.54, 1.807) is 0 Å². The van der Waals surface area contributed by atoms with Crippen LogP contribution >= 0.6 is 0 Å². The lowest BCUT2D eigenvalue weighted by Gasteiger charge is -2.14. The summed E-state index contributed by atoms with van der Waals surface area (Å²) >= 11 is 0. The second kappa shape index (κ2) is 6.81. The van der Waals surface area contributed by atoms with Crippen LogP contribution in [0.25, 0.3) is 0 Å². The van der Waals surface area contributed by atoms with Crippen molar-refractivity contribution in [2.75, 3.05) is 5.32 Å². The van der Waals surface area contributed by atoms with E-state index in [9.17, 15) is 5.26 Å². The summed E-state index contributed by atoms with van der Waals surface area (Å²) in [4.78, 5) is 0. The minimum absolute atomic E-state index is 0.189. The predicted octanol–water partition coefficient (Wildman–Crippen LogP) is 4.79. The summed E-state index contributed by atoms with van der Waals surface area (Å²) in [6.45, 7) is 6.15. The Kier molecular flexibility index (Phi) is 4.84. The maximum absolute atomic E-state index is 9.18. The van der Waals surface area contributed by atoms with Gasteiger partial charge in [0.15, 0.2) is 0 Å². The van der Waals surface area contributed by atoms with Crippen molar-refractivity contribution in [3.63, 3.8) is 0 Å². The second-order valence-electron chi connectivity index (χ2n) is 5.15. The first-order valence-corrected chi connectivity index (χ1v) is 7.17.